The number of rotatable bonds is 6. The number of hydrogen-bond acceptors (Lipinski definition) is 1. The Morgan fingerprint density at radius 3 is 2.31 bits per heavy atom. The van der Waals surface area contributed by atoms with Gasteiger partial charge in [0.1, 0.15) is 0 Å². The van der Waals surface area contributed by atoms with Crippen LogP contribution in [0, 0.1) is 11.8 Å². The summed E-state index contributed by atoms with van der Waals surface area (Å²) in [5.41, 5.74) is 0. The van der Waals surface area contributed by atoms with Gasteiger partial charge in [-0.3, -0.25) is 0 Å². The first-order chi connectivity index (χ1) is 6.18. The minimum absolute atomic E-state index is 0.725. The van der Waals surface area contributed by atoms with Gasteiger partial charge in [0.15, 0.2) is 0 Å². The van der Waals surface area contributed by atoms with Gasteiger partial charge >= 0.3 is 0 Å². The van der Waals surface area contributed by atoms with E-state index >= 15 is 0 Å². The van der Waals surface area contributed by atoms with Gasteiger partial charge in [0.25, 0.3) is 0 Å². The van der Waals surface area contributed by atoms with Gasteiger partial charge in [-0.25, -0.2) is 0 Å². The van der Waals surface area contributed by atoms with Crippen LogP contribution in [0.2, 0.25) is 0 Å². The fourth-order valence-electron chi connectivity index (χ4n) is 1.75. The predicted molar refractivity (Wildman–Crippen MR) is 58.9 cm³/mol. The van der Waals surface area contributed by atoms with Crippen molar-refractivity contribution in [1.29, 1.82) is 0 Å². The second-order valence-electron chi connectivity index (χ2n) is 5.08. The van der Waals surface area contributed by atoms with E-state index in [9.17, 15) is 0 Å². The topological polar surface area (TPSA) is 12.0 Å². The van der Waals surface area contributed by atoms with Gasteiger partial charge in [-0.1, -0.05) is 20.3 Å². The molecule has 1 saturated carbocycles. The molecule has 13 heavy (non-hydrogen) atoms. The summed E-state index contributed by atoms with van der Waals surface area (Å²) in [7, 11) is 0. The van der Waals surface area contributed by atoms with Crippen LogP contribution in [0.4, 0.5) is 0 Å². The third-order valence-corrected chi connectivity index (χ3v) is 3.16. The summed E-state index contributed by atoms with van der Waals surface area (Å²) in [6.45, 7) is 8.19. The van der Waals surface area contributed by atoms with E-state index in [1.807, 2.05) is 0 Å². The van der Waals surface area contributed by atoms with Crippen LogP contribution in [-0.2, 0) is 0 Å². The maximum Gasteiger partial charge on any atom is 0.00389 e. The van der Waals surface area contributed by atoms with Gasteiger partial charge in [0.05, 0.1) is 0 Å². The van der Waals surface area contributed by atoms with Crippen molar-refractivity contribution in [1.82, 2.24) is 5.32 Å². The molecule has 1 nitrogen and oxygen atoms in total. The highest BCUT2D eigenvalue weighted by atomic mass is 14.9. The maximum atomic E-state index is 3.64. The summed E-state index contributed by atoms with van der Waals surface area (Å²) < 4.78 is 0. The molecule has 1 aliphatic carbocycles. The second-order valence-corrected chi connectivity index (χ2v) is 5.08. The Bertz CT molecular complexity index is 127. The zero-order valence-electron chi connectivity index (χ0n) is 9.47. The highest BCUT2D eigenvalue weighted by Gasteiger charge is 2.17. The van der Waals surface area contributed by atoms with Crippen molar-refractivity contribution in [2.24, 2.45) is 11.8 Å². The van der Waals surface area contributed by atoms with Gasteiger partial charge in [-0.15, -0.1) is 0 Å². The van der Waals surface area contributed by atoms with E-state index in [2.05, 4.69) is 26.1 Å². The standard InChI is InChI=1S/C12H25N/c1-10(2)7-8-11(3)13-9-12-5-4-6-12/h10-13H,4-9H2,1-3H3. The molecule has 78 valence electrons. The molecule has 1 unspecified atom stereocenters. The molecule has 0 aromatic carbocycles. The lowest BCUT2D eigenvalue weighted by atomic mass is 9.85. The van der Waals surface area contributed by atoms with Gasteiger partial charge in [-0.05, 0) is 51.0 Å². The largest absolute Gasteiger partial charge is 0.314 e. The molecule has 1 fully saturated rings. The Morgan fingerprint density at radius 2 is 1.85 bits per heavy atom. The Balaban J connectivity index is 1.93. The van der Waals surface area contributed by atoms with E-state index in [0.717, 1.165) is 17.9 Å². The van der Waals surface area contributed by atoms with Gasteiger partial charge in [0, 0.05) is 6.04 Å². The normalized spacial score (nSPS) is 20.3. The molecule has 0 spiro atoms. The second kappa shape index (κ2) is 5.64. The Morgan fingerprint density at radius 1 is 1.15 bits per heavy atom. The molecule has 0 saturated heterocycles. The van der Waals surface area contributed by atoms with Crippen LogP contribution < -0.4 is 5.32 Å². The summed E-state index contributed by atoms with van der Waals surface area (Å²) in [4.78, 5) is 0. The van der Waals surface area contributed by atoms with E-state index in [-0.39, 0.29) is 0 Å². The third kappa shape index (κ3) is 4.66. The van der Waals surface area contributed by atoms with Crippen LogP contribution in [0.15, 0.2) is 0 Å². The average molecular weight is 183 g/mol. The molecule has 0 aromatic heterocycles. The first kappa shape index (κ1) is 11.0. The first-order valence-electron chi connectivity index (χ1n) is 5.92. The molecule has 1 aliphatic rings. The highest BCUT2D eigenvalue weighted by Crippen LogP contribution is 2.25. The van der Waals surface area contributed by atoms with Crippen molar-refractivity contribution in [3.63, 3.8) is 0 Å². The number of nitrogens with one attached hydrogen (secondary N) is 1. The van der Waals surface area contributed by atoms with Crippen LogP contribution in [0.5, 0.6) is 0 Å². The van der Waals surface area contributed by atoms with Crippen molar-refractivity contribution in [2.45, 2.75) is 58.9 Å². The van der Waals surface area contributed by atoms with E-state index in [1.165, 1.54) is 38.6 Å². The molecule has 1 heteroatoms. The Kier molecular flexibility index (Phi) is 4.79. The van der Waals surface area contributed by atoms with E-state index in [0.29, 0.717) is 0 Å². The smallest absolute Gasteiger partial charge is 0.00389 e. The first-order valence-corrected chi connectivity index (χ1v) is 5.92. The molecular weight excluding hydrogens is 158 g/mol. The molecule has 0 amide bonds. The molecule has 1 atom stereocenters. The molecule has 0 radical (unpaired) electrons. The molecular formula is C12H25N. The van der Waals surface area contributed by atoms with Gasteiger partial charge in [-0.2, -0.15) is 0 Å². The quantitative estimate of drug-likeness (QED) is 0.667. The van der Waals surface area contributed by atoms with Crippen molar-refractivity contribution >= 4 is 0 Å². The average Bonchev–Trinajstić information content (AvgIpc) is 1.98. The minimum atomic E-state index is 0.725. The van der Waals surface area contributed by atoms with E-state index < -0.39 is 0 Å². The molecule has 0 bridgehead atoms. The zero-order valence-corrected chi connectivity index (χ0v) is 9.47. The van der Waals surface area contributed by atoms with Gasteiger partial charge < -0.3 is 5.32 Å². The fraction of sp³-hybridized carbons (Fsp3) is 1.00. The predicted octanol–water partition coefficient (Wildman–Crippen LogP) is 3.20. The van der Waals surface area contributed by atoms with Crippen LogP contribution in [-0.4, -0.2) is 12.6 Å². The van der Waals surface area contributed by atoms with Crippen molar-refractivity contribution in [2.75, 3.05) is 6.54 Å². The van der Waals surface area contributed by atoms with E-state index in [4.69, 9.17) is 0 Å². The van der Waals surface area contributed by atoms with Crippen LogP contribution >= 0.6 is 0 Å². The van der Waals surface area contributed by atoms with Crippen LogP contribution in [0.25, 0.3) is 0 Å². The highest BCUT2D eigenvalue weighted by molar-refractivity contribution is 4.73. The molecule has 1 rings (SSSR count). The minimum Gasteiger partial charge on any atom is -0.314 e. The van der Waals surface area contributed by atoms with Crippen molar-refractivity contribution < 1.29 is 0 Å². The van der Waals surface area contributed by atoms with Gasteiger partial charge in [0.2, 0.25) is 0 Å². The monoisotopic (exact) mass is 183 g/mol. The lowest BCUT2D eigenvalue weighted by Gasteiger charge is -2.27. The summed E-state index contributed by atoms with van der Waals surface area (Å²) in [5.74, 6) is 1.86. The third-order valence-electron chi connectivity index (χ3n) is 3.16. The summed E-state index contributed by atoms with van der Waals surface area (Å²) >= 11 is 0. The van der Waals surface area contributed by atoms with Crippen molar-refractivity contribution in [3.8, 4) is 0 Å². The lowest BCUT2D eigenvalue weighted by Crippen LogP contribution is -2.33. The summed E-state index contributed by atoms with van der Waals surface area (Å²) in [5, 5.41) is 3.64. The summed E-state index contributed by atoms with van der Waals surface area (Å²) in [6.07, 6.45) is 7.09. The Hall–Kier alpha value is -0.0400. The van der Waals surface area contributed by atoms with Crippen molar-refractivity contribution in [3.05, 3.63) is 0 Å². The SMILES string of the molecule is CC(C)CCC(C)NCC1CCC1. The Labute approximate surface area is 83.3 Å². The summed E-state index contributed by atoms with van der Waals surface area (Å²) in [6, 6.07) is 0.725. The lowest BCUT2D eigenvalue weighted by molar-refractivity contribution is 0.286. The zero-order chi connectivity index (χ0) is 9.68. The van der Waals surface area contributed by atoms with Crippen LogP contribution in [0.3, 0.4) is 0 Å². The number of hydrogen-bond donors (Lipinski definition) is 1. The molecule has 0 aromatic rings. The van der Waals surface area contributed by atoms with E-state index in [1.54, 1.807) is 0 Å². The fourth-order valence-corrected chi connectivity index (χ4v) is 1.75. The molecule has 1 N–H and O–H groups in total. The van der Waals surface area contributed by atoms with Crippen LogP contribution in [0.1, 0.15) is 52.9 Å². The molecule has 0 heterocycles. The molecule has 0 aliphatic heterocycles. The maximum absolute atomic E-state index is 3.64.